The molecule has 0 aromatic heterocycles. The van der Waals surface area contributed by atoms with E-state index in [9.17, 15) is 9.90 Å². The van der Waals surface area contributed by atoms with Gasteiger partial charge < -0.3 is 14.6 Å². The van der Waals surface area contributed by atoms with Gasteiger partial charge in [0.1, 0.15) is 17.2 Å². The number of unbranched alkanes of at least 4 members (excludes halogenated alkanes) is 9. The minimum Gasteiger partial charge on any atom is -0.508 e. The molecule has 0 bridgehead atoms. The van der Waals surface area contributed by atoms with E-state index in [2.05, 4.69) is 11.9 Å². The van der Waals surface area contributed by atoms with Crippen LogP contribution in [0.4, 0.5) is 5.69 Å². The fourth-order valence-corrected chi connectivity index (χ4v) is 3.94. The topological polar surface area (TPSA) is 68.1 Å². The summed E-state index contributed by atoms with van der Waals surface area (Å²) in [5, 5.41) is 9.34. The van der Waals surface area contributed by atoms with E-state index < -0.39 is 5.97 Å². The molecule has 196 valence electrons. The van der Waals surface area contributed by atoms with Gasteiger partial charge in [0.15, 0.2) is 0 Å². The molecule has 3 aromatic carbocycles. The van der Waals surface area contributed by atoms with Gasteiger partial charge in [-0.15, -0.1) is 0 Å². The van der Waals surface area contributed by atoms with Crippen LogP contribution < -0.4 is 9.47 Å². The number of hydrogen-bond donors (Lipinski definition) is 1. The molecule has 0 heterocycles. The van der Waals surface area contributed by atoms with Crippen molar-refractivity contribution in [1.29, 1.82) is 0 Å². The van der Waals surface area contributed by atoms with Crippen LogP contribution in [0.2, 0.25) is 0 Å². The number of carbonyl (C=O) groups excluding carboxylic acids is 1. The van der Waals surface area contributed by atoms with Gasteiger partial charge >= 0.3 is 5.97 Å². The van der Waals surface area contributed by atoms with Gasteiger partial charge in [-0.25, -0.2) is 4.79 Å². The number of esters is 1. The van der Waals surface area contributed by atoms with Crippen molar-refractivity contribution in [2.45, 2.75) is 71.1 Å². The summed E-state index contributed by atoms with van der Waals surface area (Å²) in [6.07, 6.45) is 14.7. The lowest BCUT2D eigenvalue weighted by atomic mass is 10.1. The number of benzene rings is 3. The van der Waals surface area contributed by atoms with E-state index in [4.69, 9.17) is 9.47 Å². The average molecular weight is 502 g/mol. The third kappa shape index (κ3) is 10.9. The minimum absolute atomic E-state index is 0.217. The Hall–Kier alpha value is -3.60. The monoisotopic (exact) mass is 501 g/mol. The van der Waals surface area contributed by atoms with Crippen molar-refractivity contribution in [2.24, 2.45) is 4.99 Å². The van der Waals surface area contributed by atoms with Gasteiger partial charge in [-0.05, 0) is 84.8 Å². The predicted molar refractivity (Wildman–Crippen MR) is 151 cm³/mol. The normalized spacial score (nSPS) is 11.1. The quantitative estimate of drug-likeness (QED) is 0.0923. The van der Waals surface area contributed by atoms with Crippen LogP contribution in [0.25, 0.3) is 0 Å². The van der Waals surface area contributed by atoms with Crippen LogP contribution in [0.5, 0.6) is 17.2 Å². The summed E-state index contributed by atoms with van der Waals surface area (Å²) in [5.41, 5.74) is 2.08. The SMILES string of the molecule is CCCCCCCCCCCCOc1ccc(C(=O)Oc2ccc(N=Cc3ccc(O)cc3)cc2)cc1. The van der Waals surface area contributed by atoms with E-state index in [1.807, 2.05) is 12.1 Å². The molecule has 0 unspecified atom stereocenters. The Bertz CT molecular complexity index is 1070. The van der Waals surface area contributed by atoms with E-state index >= 15 is 0 Å². The third-order valence-corrected chi connectivity index (χ3v) is 6.16. The molecule has 0 aliphatic rings. The fraction of sp³-hybridized carbons (Fsp3) is 0.375. The van der Waals surface area contributed by atoms with Crippen LogP contribution in [0.3, 0.4) is 0 Å². The van der Waals surface area contributed by atoms with Gasteiger partial charge in [0.25, 0.3) is 0 Å². The molecule has 5 nitrogen and oxygen atoms in total. The maximum atomic E-state index is 12.5. The largest absolute Gasteiger partial charge is 0.508 e. The van der Waals surface area contributed by atoms with Crippen molar-refractivity contribution in [3.63, 3.8) is 0 Å². The van der Waals surface area contributed by atoms with Crippen LogP contribution in [0.15, 0.2) is 77.8 Å². The summed E-state index contributed by atoms with van der Waals surface area (Å²) < 4.78 is 11.3. The number of rotatable bonds is 16. The Kier molecular flexibility index (Phi) is 12.3. The van der Waals surface area contributed by atoms with Gasteiger partial charge in [-0.1, -0.05) is 64.7 Å². The molecule has 1 N–H and O–H groups in total. The third-order valence-electron chi connectivity index (χ3n) is 6.16. The molecule has 0 radical (unpaired) electrons. The molecule has 0 saturated carbocycles. The van der Waals surface area contributed by atoms with E-state index in [1.54, 1.807) is 66.9 Å². The van der Waals surface area contributed by atoms with E-state index in [0.717, 1.165) is 23.4 Å². The van der Waals surface area contributed by atoms with E-state index in [-0.39, 0.29) is 5.75 Å². The van der Waals surface area contributed by atoms with Crippen molar-refractivity contribution in [1.82, 2.24) is 0 Å². The van der Waals surface area contributed by atoms with Crippen molar-refractivity contribution >= 4 is 17.9 Å². The lowest BCUT2D eigenvalue weighted by molar-refractivity contribution is 0.0734. The Morgan fingerprint density at radius 3 is 1.92 bits per heavy atom. The van der Waals surface area contributed by atoms with Crippen molar-refractivity contribution < 1.29 is 19.4 Å². The average Bonchev–Trinajstić information content (AvgIpc) is 2.92. The van der Waals surface area contributed by atoms with Gasteiger partial charge in [-0.2, -0.15) is 0 Å². The van der Waals surface area contributed by atoms with Gasteiger partial charge in [-0.3, -0.25) is 4.99 Å². The van der Waals surface area contributed by atoms with Gasteiger partial charge in [0.2, 0.25) is 0 Å². The number of aliphatic imine (C=N–C) groups is 1. The molecule has 0 saturated heterocycles. The molecular weight excluding hydrogens is 462 g/mol. The molecule has 37 heavy (non-hydrogen) atoms. The molecule has 0 amide bonds. The summed E-state index contributed by atoms with van der Waals surface area (Å²) in [4.78, 5) is 16.9. The maximum Gasteiger partial charge on any atom is 0.343 e. The summed E-state index contributed by atoms with van der Waals surface area (Å²) in [6.45, 7) is 2.95. The number of nitrogens with zero attached hydrogens (tertiary/aromatic N) is 1. The lowest BCUT2D eigenvalue weighted by Gasteiger charge is -2.08. The number of aromatic hydroxyl groups is 1. The first-order chi connectivity index (χ1) is 18.1. The second-order valence-electron chi connectivity index (χ2n) is 9.29. The molecule has 0 spiro atoms. The van der Waals surface area contributed by atoms with E-state index in [0.29, 0.717) is 17.9 Å². The number of carbonyl (C=O) groups is 1. The standard InChI is InChI=1S/C32H39NO4/c1-2-3-4-5-6-7-8-9-10-11-24-36-30-20-14-27(15-21-30)32(35)37-31-22-16-28(17-23-31)33-25-26-12-18-29(34)19-13-26/h12-23,25,34H,2-11,24H2,1H3. The second kappa shape index (κ2) is 16.2. The van der Waals surface area contributed by atoms with Crippen molar-refractivity contribution in [3.05, 3.63) is 83.9 Å². The smallest absolute Gasteiger partial charge is 0.343 e. The Labute approximate surface area is 221 Å². The molecule has 0 fully saturated rings. The van der Waals surface area contributed by atoms with Crippen molar-refractivity contribution in [2.75, 3.05) is 6.61 Å². The highest BCUT2D eigenvalue weighted by Gasteiger charge is 2.09. The highest BCUT2D eigenvalue weighted by atomic mass is 16.5. The van der Waals surface area contributed by atoms with Crippen LogP contribution in [0, 0.1) is 0 Å². The first-order valence-corrected chi connectivity index (χ1v) is 13.5. The number of phenols is 1. The molecule has 0 aliphatic carbocycles. The van der Waals surface area contributed by atoms with Gasteiger partial charge in [0.05, 0.1) is 17.9 Å². The van der Waals surface area contributed by atoms with Crippen LogP contribution in [0.1, 0.15) is 87.1 Å². The summed E-state index contributed by atoms with van der Waals surface area (Å²) in [5.74, 6) is 1.02. The Morgan fingerprint density at radius 1 is 0.730 bits per heavy atom. The zero-order valence-electron chi connectivity index (χ0n) is 21.9. The predicted octanol–water partition coefficient (Wildman–Crippen LogP) is 8.66. The minimum atomic E-state index is -0.415. The van der Waals surface area contributed by atoms with Crippen LogP contribution in [-0.2, 0) is 0 Å². The maximum absolute atomic E-state index is 12.5. The molecule has 3 aromatic rings. The summed E-state index contributed by atoms with van der Waals surface area (Å²) in [6, 6.07) is 20.9. The number of ether oxygens (including phenoxy) is 2. The Morgan fingerprint density at radius 2 is 1.30 bits per heavy atom. The first kappa shape index (κ1) is 28.0. The Balaban J connectivity index is 1.33. The molecule has 0 atom stereocenters. The summed E-state index contributed by atoms with van der Waals surface area (Å²) >= 11 is 0. The molecule has 0 aliphatic heterocycles. The van der Waals surface area contributed by atoms with Crippen LogP contribution >= 0.6 is 0 Å². The number of hydrogen-bond acceptors (Lipinski definition) is 5. The lowest BCUT2D eigenvalue weighted by Crippen LogP contribution is -2.08. The zero-order valence-corrected chi connectivity index (χ0v) is 21.9. The van der Waals surface area contributed by atoms with Gasteiger partial charge in [0, 0.05) is 6.21 Å². The zero-order chi connectivity index (χ0) is 26.1. The second-order valence-corrected chi connectivity index (χ2v) is 9.29. The first-order valence-electron chi connectivity index (χ1n) is 13.5. The summed E-state index contributed by atoms with van der Waals surface area (Å²) in [7, 11) is 0. The fourth-order valence-electron chi connectivity index (χ4n) is 3.94. The molecule has 5 heteroatoms. The highest BCUT2D eigenvalue weighted by Crippen LogP contribution is 2.21. The molecule has 3 rings (SSSR count). The highest BCUT2D eigenvalue weighted by molar-refractivity contribution is 5.91. The van der Waals surface area contributed by atoms with E-state index in [1.165, 1.54) is 57.8 Å². The number of phenolic OH excluding ortho intramolecular Hbond substituents is 1. The molecular formula is C32H39NO4. The van der Waals surface area contributed by atoms with Crippen molar-refractivity contribution in [3.8, 4) is 17.2 Å². The van der Waals surface area contributed by atoms with Crippen LogP contribution in [-0.4, -0.2) is 23.9 Å².